The fourth-order valence-electron chi connectivity index (χ4n) is 0.816. The van der Waals surface area contributed by atoms with Crippen LogP contribution in [0.25, 0.3) is 0 Å². The Labute approximate surface area is 93.7 Å². The van der Waals surface area contributed by atoms with Crippen molar-refractivity contribution in [2.75, 3.05) is 5.38 Å². The van der Waals surface area contributed by atoms with Gasteiger partial charge in [-0.2, -0.15) is 12.6 Å². The van der Waals surface area contributed by atoms with Crippen molar-refractivity contribution in [2.24, 2.45) is 0 Å². The number of carbonyl (C=O) groups excluding carboxylic acids is 3. The number of hydrogen-bond acceptors (Lipinski definition) is 7. The predicted molar refractivity (Wildman–Crippen MR) is 54.9 cm³/mol. The Hall–Kier alpha value is -1.02. The molecule has 0 amide bonds. The highest BCUT2D eigenvalue weighted by Gasteiger charge is 2.50. The molecule has 0 fully saturated rings. The van der Waals surface area contributed by atoms with Gasteiger partial charge in [0.2, 0.25) is 0 Å². The Balaban J connectivity index is 4.81. The van der Waals surface area contributed by atoms with Gasteiger partial charge >= 0.3 is 8.80 Å². The van der Waals surface area contributed by atoms with Crippen molar-refractivity contribution in [3.05, 3.63) is 0 Å². The molecule has 0 heterocycles. The van der Waals surface area contributed by atoms with Gasteiger partial charge in [0.25, 0.3) is 17.9 Å². The monoisotopic (exact) mass is 252 g/mol. The molecule has 0 saturated carbocycles. The van der Waals surface area contributed by atoms with Crippen LogP contribution in [0.5, 0.6) is 0 Å². The molecule has 0 aliphatic heterocycles. The van der Waals surface area contributed by atoms with E-state index in [9.17, 15) is 14.4 Å². The first-order valence-electron chi connectivity index (χ1n) is 4.01. The Morgan fingerprint density at radius 3 is 1.33 bits per heavy atom. The van der Waals surface area contributed by atoms with E-state index in [0.29, 0.717) is 0 Å². The first kappa shape index (κ1) is 14.0. The van der Waals surface area contributed by atoms with E-state index in [1.54, 1.807) is 0 Å². The van der Waals surface area contributed by atoms with E-state index in [4.69, 9.17) is 13.3 Å². The molecule has 0 aromatic heterocycles. The van der Waals surface area contributed by atoms with Gasteiger partial charge in [0.1, 0.15) is 0 Å². The van der Waals surface area contributed by atoms with Gasteiger partial charge in [-0.1, -0.05) is 0 Å². The average molecular weight is 252 g/mol. The van der Waals surface area contributed by atoms with Gasteiger partial charge in [0.05, 0.1) is 5.38 Å². The van der Waals surface area contributed by atoms with Crippen LogP contribution in [0.2, 0.25) is 0 Å². The molecule has 0 aromatic rings. The summed E-state index contributed by atoms with van der Waals surface area (Å²) in [5.74, 6) is -2.09. The van der Waals surface area contributed by atoms with E-state index in [1.165, 1.54) is 0 Å². The van der Waals surface area contributed by atoms with Crippen molar-refractivity contribution in [3.63, 3.8) is 0 Å². The maximum atomic E-state index is 10.8. The van der Waals surface area contributed by atoms with E-state index in [2.05, 4.69) is 12.6 Å². The highest BCUT2D eigenvalue weighted by atomic mass is 32.1. The molecule has 0 aliphatic carbocycles. The molecule has 0 unspecified atom stereocenters. The minimum atomic E-state index is -3.64. The molecular weight excluding hydrogens is 240 g/mol. The average Bonchev–Trinajstić information content (AvgIpc) is 1.99. The molecule has 86 valence electrons. The normalized spacial score (nSPS) is 10.4. The van der Waals surface area contributed by atoms with Crippen molar-refractivity contribution >= 4 is 39.3 Å². The molecule has 0 atom stereocenters. The third-order valence-electron chi connectivity index (χ3n) is 1.09. The number of thiol groups is 1. The first-order valence-corrected chi connectivity index (χ1v) is 6.57. The molecule has 8 heteroatoms. The summed E-state index contributed by atoms with van der Waals surface area (Å²) < 4.78 is 14.2. The van der Waals surface area contributed by atoms with E-state index in [1.807, 2.05) is 0 Å². The third kappa shape index (κ3) is 5.43. The van der Waals surface area contributed by atoms with Crippen molar-refractivity contribution in [3.8, 4) is 0 Å². The smallest absolute Gasteiger partial charge is 0.455 e. The molecule has 0 saturated heterocycles. The minimum Gasteiger partial charge on any atom is -0.455 e. The van der Waals surface area contributed by atoms with Crippen molar-refractivity contribution in [2.45, 2.75) is 20.8 Å². The van der Waals surface area contributed by atoms with Gasteiger partial charge in [0.15, 0.2) is 0 Å². The van der Waals surface area contributed by atoms with Crippen LogP contribution < -0.4 is 0 Å². The first-order chi connectivity index (χ1) is 6.81. The van der Waals surface area contributed by atoms with Crippen LogP contribution in [0.1, 0.15) is 20.8 Å². The summed E-state index contributed by atoms with van der Waals surface area (Å²) in [6, 6.07) is 0. The lowest BCUT2D eigenvalue weighted by molar-refractivity contribution is -0.147. The van der Waals surface area contributed by atoms with E-state index >= 15 is 0 Å². The van der Waals surface area contributed by atoms with Crippen LogP contribution in [0, 0.1) is 0 Å². The van der Waals surface area contributed by atoms with Gasteiger partial charge in [-0.05, 0) is 0 Å². The maximum absolute atomic E-state index is 10.8. The van der Waals surface area contributed by atoms with Crippen LogP contribution in [0.15, 0.2) is 0 Å². The molecule has 0 aromatic carbocycles. The zero-order valence-corrected chi connectivity index (χ0v) is 10.5. The Kier molecular flexibility index (Phi) is 5.37. The van der Waals surface area contributed by atoms with E-state index in [0.717, 1.165) is 20.8 Å². The second-order valence-electron chi connectivity index (χ2n) is 2.62. The van der Waals surface area contributed by atoms with E-state index in [-0.39, 0.29) is 5.38 Å². The summed E-state index contributed by atoms with van der Waals surface area (Å²) >= 11 is 3.86. The second kappa shape index (κ2) is 5.76. The number of rotatable bonds is 4. The fraction of sp³-hybridized carbons (Fsp3) is 0.571. The van der Waals surface area contributed by atoms with Gasteiger partial charge in [-0.25, -0.2) is 0 Å². The molecule has 0 N–H and O–H groups in total. The van der Waals surface area contributed by atoms with Crippen LogP contribution in [0.4, 0.5) is 0 Å². The minimum absolute atomic E-state index is 0.147. The number of hydrogen-bond donors (Lipinski definition) is 1. The Morgan fingerprint density at radius 1 is 0.933 bits per heavy atom. The molecule has 0 rings (SSSR count). The number of carbonyl (C=O) groups is 3. The molecule has 0 radical (unpaired) electrons. The third-order valence-corrected chi connectivity index (χ3v) is 4.44. The van der Waals surface area contributed by atoms with Gasteiger partial charge in [-0.15, -0.1) is 0 Å². The lowest BCUT2D eigenvalue weighted by Gasteiger charge is -2.24. The highest BCUT2D eigenvalue weighted by molar-refractivity contribution is 7.82. The van der Waals surface area contributed by atoms with Crippen LogP contribution in [0.3, 0.4) is 0 Å². The molecule has 0 bridgehead atoms. The summed E-state index contributed by atoms with van der Waals surface area (Å²) in [5.41, 5.74) is 0. The van der Waals surface area contributed by atoms with E-state index < -0.39 is 26.7 Å². The van der Waals surface area contributed by atoms with Crippen LogP contribution in [-0.4, -0.2) is 32.1 Å². The largest absolute Gasteiger partial charge is 0.715 e. The van der Waals surface area contributed by atoms with Gasteiger partial charge < -0.3 is 13.3 Å². The predicted octanol–water partition coefficient (Wildman–Crippen LogP) is 0.0836. The Morgan fingerprint density at radius 2 is 1.20 bits per heavy atom. The lowest BCUT2D eigenvalue weighted by Crippen LogP contribution is -2.51. The summed E-state index contributed by atoms with van der Waals surface area (Å²) in [6.45, 7) is 3.37. The van der Waals surface area contributed by atoms with Crippen molar-refractivity contribution in [1.29, 1.82) is 0 Å². The van der Waals surface area contributed by atoms with Crippen molar-refractivity contribution in [1.82, 2.24) is 0 Å². The summed E-state index contributed by atoms with van der Waals surface area (Å²) in [6.07, 6.45) is 0. The molecule has 6 nitrogen and oxygen atoms in total. The SMILES string of the molecule is CC(=O)O[Si](CS)(OC(C)=O)OC(C)=O. The Bertz CT molecular complexity index is 238. The topological polar surface area (TPSA) is 78.9 Å². The maximum Gasteiger partial charge on any atom is 0.715 e. The zero-order chi connectivity index (χ0) is 12.1. The highest BCUT2D eigenvalue weighted by Crippen LogP contribution is 2.13. The molecule has 0 spiro atoms. The quantitative estimate of drug-likeness (QED) is 0.564. The molecular formula is C7H12O6SSi. The lowest BCUT2D eigenvalue weighted by atomic mass is 10.9. The van der Waals surface area contributed by atoms with Gasteiger partial charge in [-0.3, -0.25) is 14.4 Å². The molecule has 0 aliphatic rings. The standard InChI is InChI=1S/C7H12O6SSi/c1-5(8)11-15(4-14,12-6(2)9)13-7(3)10/h14H,4H2,1-3H3. The second-order valence-corrected chi connectivity index (χ2v) is 5.87. The fourth-order valence-corrected chi connectivity index (χ4v) is 3.03. The van der Waals surface area contributed by atoms with Crippen LogP contribution in [-0.2, 0) is 27.7 Å². The van der Waals surface area contributed by atoms with Gasteiger partial charge in [0, 0.05) is 20.8 Å². The molecule has 15 heavy (non-hydrogen) atoms. The summed E-state index contributed by atoms with van der Waals surface area (Å²) in [5, 5.41) is -0.147. The van der Waals surface area contributed by atoms with Crippen molar-refractivity contribution < 1.29 is 27.7 Å². The van der Waals surface area contributed by atoms with Crippen LogP contribution >= 0.6 is 12.6 Å². The summed E-state index contributed by atoms with van der Waals surface area (Å²) in [4.78, 5) is 32.3. The zero-order valence-electron chi connectivity index (χ0n) is 8.60. The summed E-state index contributed by atoms with van der Waals surface area (Å²) in [7, 11) is -3.64.